The summed E-state index contributed by atoms with van der Waals surface area (Å²) < 4.78 is 16.4. The van der Waals surface area contributed by atoms with Gasteiger partial charge >= 0.3 is 0 Å². The van der Waals surface area contributed by atoms with Gasteiger partial charge < -0.3 is 25.3 Å². The summed E-state index contributed by atoms with van der Waals surface area (Å²) in [6.45, 7) is 0. The number of rotatable bonds is 7. The first-order chi connectivity index (χ1) is 17.0. The van der Waals surface area contributed by atoms with Crippen LogP contribution in [0.15, 0.2) is 58.6 Å². The number of benzene rings is 2. The molecule has 1 aliphatic carbocycles. The molecule has 0 spiro atoms. The van der Waals surface area contributed by atoms with Gasteiger partial charge in [-0.05, 0) is 54.7 Å². The lowest BCUT2D eigenvalue weighted by Crippen LogP contribution is -2.17. The SMILES string of the molecule is COc1ccccc1Nc1nc(N)c(C2=NC(=N)C3=C2C(c2ccc(OC)c(OC)c2)CCC3)s1.Cl. The number of halogens is 1. The topological polar surface area (TPSA) is 115 Å². The first-order valence-corrected chi connectivity index (χ1v) is 12.1. The Bertz CT molecular complexity index is 1370. The minimum Gasteiger partial charge on any atom is -0.495 e. The quantitative estimate of drug-likeness (QED) is 0.350. The van der Waals surface area contributed by atoms with Gasteiger partial charge in [-0.1, -0.05) is 29.5 Å². The summed E-state index contributed by atoms with van der Waals surface area (Å²) in [5, 5.41) is 12.5. The molecular weight excluding hydrogens is 498 g/mol. The molecule has 0 bridgehead atoms. The van der Waals surface area contributed by atoms with Gasteiger partial charge in [-0.2, -0.15) is 0 Å². The van der Waals surface area contributed by atoms with E-state index in [-0.39, 0.29) is 18.3 Å². The van der Waals surface area contributed by atoms with Crippen LogP contribution in [0.3, 0.4) is 0 Å². The molecule has 0 radical (unpaired) electrons. The number of aromatic nitrogens is 1. The number of hydrogen-bond donors (Lipinski definition) is 3. The van der Waals surface area contributed by atoms with Gasteiger partial charge in [0.05, 0.1) is 37.6 Å². The number of nitrogens with zero attached hydrogens (tertiary/aromatic N) is 2. The summed E-state index contributed by atoms with van der Waals surface area (Å²) in [6, 6.07) is 13.7. The van der Waals surface area contributed by atoms with E-state index in [0.29, 0.717) is 34.0 Å². The minimum atomic E-state index is 0. The van der Waals surface area contributed by atoms with Crippen molar-refractivity contribution in [2.45, 2.75) is 25.2 Å². The lowest BCUT2D eigenvalue weighted by molar-refractivity contribution is 0.354. The van der Waals surface area contributed by atoms with Crippen molar-refractivity contribution >= 4 is 51.9 Å². The van der Waals surface area contributed by atoms with Gasteiger partial charge in [0.1, 0.15) is 17.4 Å². The Morgan fingerprint density at radius 3 is 2.53 bits per heavy atom. The number of nitrogens with one attached hydrogen (secondary N) is 2. The zero-order chi connectivity index (χ0) is 24.5. The van der Waals surface area contributed by atoms with Gasteiger partial charge in [-0.25, -0.2) is 9.98 Å². The molecule has 36 heavy (non-hydrogen) atoms. The van der Waals surface area contributed by atoms with E-state index < -0.39 is 0 Å². The van der Waals surface area contributed by atoms with Gasteiger partial charge in [0.15, 0.2) is 16.6 Å². The first-order valence-electron chi connectivity index (χ1n) is 11.3. The standard InChI is InChI=1S/C26H27N5O3S.ClH/c1-32-18-10-5-4-9-17(18)29-26-31-25(28)23(35-26)22-21-15(7-6-8-16(21)24(27)30-22)14-11-12-19(33-2)20(13-14)34-3;/h4-5,9-13,15,27H,6-8,28H2,1-3H3,(H,29,31);1H. The van der Waals surface area contributed by atoms with E-state index in [1.807, 2.05) is 36.4 Å². The van der Waals surface area contributed by atoms with Crippen LogP contribution in [0.25, 0.3) is 0 Å². The second kappa shape index (κ2) is 10.6. The second-order valence-corrected chi connectivity index (χ2v) is 9.32. The van der Waals surface area contributed by atoms with Crippen LogP contribution in [0.2, 0.25) is 0 Å². The Morgan fingerprint density at radius 2 is 1.78 bits per heavy atom. The number of thiazole rings is 1. The number of methoxy groups -OCH3 is 3. The molecule has 188 valence electrons. The molecule has 10 heteroatoms. The molecule has 2 aromatic carbocycles. The highest BCUT2D eigenvalue weighted by Gasteiger charge is 2.36. The van der Waals surface area contributed by atoms with Crippen LogP contribution in [0, 0.1) is 5.41 Å². The zero-order valence-electron chi connectivity index (χ0n) is 20.3. The third kappa shape index (κ3) is 4.52. The molecule has 2 aliphatic rings. The number of anilines is 3. The highest BCUT2D eigenvalue weighted by molar-refractivity contribution is 7.18. The average Bonchev–Trinajstić information content (AvgIpc) is 3.42. The van der Waals surface area contributed by atoms with E-state index in [0.717, 1.165) is 52.2 Å². The highest BCUT2D eigenvalue weighted by atomic mass is 35.5. The van der Waals surface area contributed by atoms with Crippen LogP contribution < -0.4 is 25.3 Å². The lowest BCUT2D eigenvalue weighted by Gasteiger charge is -2.26. The van der Waals surface area contributed by atoms with Crippen LogP contribution in [0.4, 0.5) is 16.6 Å². The zero-order valence-corrected chi connectivity index (χ0v) is 21.9. The third-order valence-corrected chi connectivity index (χ3v) is 7.38. The Kier molecular flexibility index (Phi) is 7.51. The fourth-order valence-corrected chi connectivity index (χ4v) is 5.66. The summed E-state index contributed by atoms with van der Waals surface area (Å²) in [5.41, 5.74) is 11.1. The molecule has 0 saturated carbocycles. The van der Waals surface area contributed by atoms with E-state index in [2.05, 4.69) is 21.4 Å². The van der Waals surface area contributed by atoms with Gasteiger partial charge in [-0.15, -0.1) is 12.4 Å². The summed E-state index contributed by atoms with van der Waals surface area (Å²) in [4.78, 5) is 10.0. The maximum absolute atomic E-state index is 8.58. The summed E-state index contributed by atoms with van der Waals surface area (Å²) in [5.74, 6) is 2.87. The predicted molar refractivity (Wildman–Crippen MR) is 147 cm³/mol. The molecule has 1 unspecified atom stereocenters. The fourth-order valence-electron chi connectivity index (χ4n) is 4.76. The number of aliphatic imine (C=N–C) groups is 1. The van der Waals surface area contributed by atoms with E-state index in [1.165, 1.54) is 11.3 Å². The van der Waals surface area contributed by atoms with Gasteiger partial charge in [0.2, 0.25) is 0 Å². The number of nitrogens with two attached hydrogens (primary N) is 1. The Morgan fingerprint density at radius 1 is 1.03 bits per heavy atom. The van der Waals surface area contributed by atoms with Crippen LogP contribution in [-0.4, -0.2) is 37.9 Å². The molecule has 0 amide bonds. The van der Waals surface area contributed by atoms with Crippen LogP contribution in [0.5, 0.6) is 17.2 Å². The van der Waals surface area contributed by atoms with Gasteiger partial charge in [0, 0.05) is 11.5 Å². The number of allylic oxidation sites excluding steroid dienone is 1. The second-order valence-electron chi connectivity index (χ2n) is 8.32. The molecule has 0 saturated heterocycles. The van der Waals surface area contributed by atoms with E-state index in [1.54, 1.807) is 21.3 Å². The number of hydrogen-bond acceptors (Lipinski definition) is 8. The molecule has 3 aromatic rings. The summed E-state index contributed by atoms with van der Waals surface area (Å²) in [7, 11) is 4.90. The highest BCUT2D eigenvalue weighted by Crippen LogP contribution is 2.46. The first kappa shape index (κ1) is 25.5. The summed E-state index contributed by atoms with van der Waals surface area (Å²) >= 11 is 1.43. The molecule has 1 atom stereocenters. The lowest BCUT2D eigenvalue weighted by atomic mass is 9.77. The maximum atomic E-state index is 8.58. The van der Waals surface area contributed by atoms with Crippen molar-refractivity contribution in [1.82, 2.24) is 4.98 Å². The maximum Gasteiger partial charge on any atom is 0.189 e. The van der Waals surface area contributed by atoms with Crippen LogP contribution in [0.1, 0.15) is 35.6 Å². The van der Waals surface area contributed by atoms with E-state index in [4.69, 9.17) is 25.4 Å². The monoisotopic (exact) mass is 525 g/mol. The van der Waals surface area contributed by atoms with Crippen LogP contribution >= 0.6 is 23.7 Å². The largest absolute Gasteiger partial charge is 0.495 e. The number of amidine groups is 1. The van der Waals surface area contributed by atoms with Crippen molar-refractivity contribution in [3.63, 3.8) is 0 Å². The van der Waals surface area contributed by atoms with E-state index in [9.17, 15) is 0 Å². The number of nitrogen functional groups attached to an aromatic ring is 1. The molecule has 2 heterocycles. The Labute approximate surface area is 220 Å². The number of ether oxygens (including phenoxy) is 3. The average molecular weight is 526 g/mol. The predicted octanol–water partition coefficient (Wildman–Crippen LogP) is 5.96. The van der Waals surface area contributed by atoms with Crippen molar-refractivity contribution in [2.24, 2.45) is 4.99 Å². The minimum absolute atomic E-state index is 0. The molecular formula is C26H28ClN5O3S. The Hall–Kier alpha value is -3.56. The molecule has 5 rings (SSSR count). The molecule has 4 N–H and O–H groups in total. The molecule has 8 nitrogen and oxygen atoms in total. The Balaban J connectivity index is 0.00000304. The van der Waals surface area contributed by atoms with Crippen molar-refractivity contribution in [3.05, 3.63) is 64.1 Å². The smallest absolute Gasteiger partial charge is 0.189 e. The van der Waals surface area contributed by atoms with Gasteiger partial charge in [-0.3, -0.25) is 5.41 Å². The van der Waals surface area contributed by atoms with Crippen molar-refractivity contribution in [2.75, 3.05) is 32.4 Å². The van der Waals surface area contributed by atoms with Gasteiger partial charge in [0.25, 0.3) is 0 Å². The number of para-hydroxylation sites is 2. The molecule has 1 aliphatic heterocycles. The summed E-state index contributed by atoms with van der Waals surface area (Å²) in [6.07, 6.45) is 2.77. The molecule has 1 aromatic heterocycles. The van der Waals surface area contributed by atoms with E-state index >= 15 is 0 Å². The van der Waals surface area contributed by atoms with Crippen molar-refractivity contribution < 1.29 is 14.2 Å². The fraction of sp³-hybridized carbons (Fsp3) is 0.269. The molecule has 0 fully saturated rings. The van der Waals surface area contributed by atoms with Crippen molar-refractivity contribution in [1.29, 1.82) is 5.41 Å². The van der Waals surface area contributed by atoms with Crippen molar-refractivity contribution in [3.8, 4) is 17.2 Å². The van der Waals surface area contributed by atoms with Crippen LogP contribution in [-0.2, 0) is 0 Å². The third-order valence-electron chi connectivity index (χ3n) is 6.38. The normalized spacial score (nSPS) is 16.7.